The van der Waals surface area contributed by atoms with Gasteiger partial charge in [0.05, 0.1) is 24.0 Å². The molecule has 3 aromatic rings. The Morgan fingerprint density at radius 1 is 1.26 bits per heavy atom. The van der Waals surface area contributed by atoms with Gasteiger partial charge >= 0.3 is 6.18 Å². The Balaban J connectivity index is 1.93. The minimum absolute atomic E-state index is 0.100. The number of benzene rings is 1. The van der Waals surface area contributed by atoms with Gasteiger partial charge in [0.25, 0.3) is 5.91 Å². The van der Waals surface area contributed by atoms with Crippen molar-refractivity contribution in [2.24, 2.45) is 7.05 Å². The lowest BCUT2D eigenvalue weighted by Gasteiger charge is -2.13. The van der Waals surface area contributed by atoms with Crippen molar-refractivity contribution >= 4 is 17.5 Å². The van der Waals surface area contributed by atoms with Crippen molar-refractivity contribution in [1.82, 2.24) is 19.7 Å². The summed E-state index contributed by atoms with van der Waals surface area (Å²) in [6.45, 7) is 1.99. The summed E-state index contributed by atoms with van der Waals surface area (Å²) in [4.78, 5) is 12.4. The fourth-order valence-electron chi connectivity index (χ4n) is 2.70. The van der Waals surface area contributed by atoms with Gasteiger partial charge in [0.1, 0.15) is 0 Å². The first-order chi connectivity index (χ1) is 12.7. The summed E-state index contributed by atoms with van der Waals surface area (Å²) in [5.74, 6) is -0.852. The molecule has 0 saturated heterocycles. The molecule has 0 radical (unpaired) electrons. The first-order valence-corrected chi connectivity index (χ1v) is 8.37. The second kappa shape index (κ2) is 7.11. The molecule has 2 heterocycles. The van der Waals surface area contributed by atoms with Crippen molar-refractivity contribution in [3.8, 4) is 5.69 Å². The van der Waals surface area contributed by atoms with E-state index in [9.17, 15) is 18.0 Å². The molecule has 0 aliphatic heterocycles. The molecule has 1 aromatic carbocycles. The van der Waals surface area contributed by atoms with Crippen LogP contribution >= 0.6 is 11.6 Å². The number of alkyl halides is 3. The predicted molar refractivity (Wildman–Crippen MR) is 94.9 cm³/mol. The lowest BCUT2D eigenvalue weighted by molar-refractivity contribution is -0.143. The molecule has 0 bridgehead atoms. The van der Waals surface area contributed by atoms with E-state index in [1.54, 1.807) is 6.07 Å². The Bertz CT molecular complexity index is 991. The third-order valence-electron chi connectivity index (χ3n) is 4.24. The Morgan fingerprint density at radius 2 is 2.00 bits per heavy atom. The van der Waals surface area contributed by atoms with Crippen LogP contribution in [0, 0.1) is 6.92 Å². The van der Waals surface area contributed by atoms with Crippen LogP contribution in [0.4, 0.5) is 13.2 Å². The molecule has 27 heavy (non-hydrogen) atoms. The van der Waals surface area contributed by atoms with Crippen molar-refractivity contribution in [2.75, 3.05) is 0 Å². The number of aromatic nitrogens is 3. The van der Waals surface area contributed by atoms with Crippen LogP contribution in [0.1, 0.15) is 27.4 Å². The lowest BCUT2D eigenvalue weighted by atomic mass is 10.2. The first-order valence-electron chi connectivity index (χ1n) is 7.99. The van der Waals surface area contributed by atoms with Crippen LogP contribution in [0.3, 0.4) is 0 Å². The smallest absolute Gasteiger partial charge is 0.350 e. The van der Waals surface area contributed by atoms with Crippen LogP contribution < -0.4 is 5.32 Å². The summed E-state index contributed by atoms with van der Waals surface area (Å²) in [5.41, 5.74) is 0.173. The molecule has 0 aliphatic carbocycles. The van der Waals surface area contributed by atoms with Crippen LogP contribution in [0.25, 0.3) is 5.69 Å². The predicted octanol–water partition coefficient (Wildman–Crippen LogP) is 4.12. The number of nitrogens with one attached hydrogen (secondary N) is 1. The molecule has 5 nitrogen and oxygen atoms in total. The first kappa shape index (κ1) is 19.0. The molecule has 0 atom stereocenters. The zero-order valence-corrected chi connectivity index (χ0v) is 15.3. The number of carbonyl (C=O) groups excluding carboxylic acids is 1. The molecule has 0 aliphatic rings. The maximum atomic E-state index is 13.6. The van der Waals surface area contributed by atoms with E-state index in [1.807, 2.05) is 24.6 Å². The van der Waals surface area contributed by atoms with Crippen LogP contribution in [0.2, 0.25) is 5.02 Å². The average molecular weight is 397 g/mol. The number of nitrogens with zero attached hydrogens (tertiary/aromatic N) is 3. The molecule has 1 amide bonds. The molecular formula is C18H16ClF3N4O. The molecule has 0 fully saturated rings. The number of hydrogen-bond donors (Lipinski definition) is 1. The molecule has 0 saturated carbocycles. The highest BCUT2D eigenvalue weighted by molar-refractivity contribution is 6.30. The van der Waals surface area contributed by atoms with Gasteiger partial charge in [-0.2, -0.15) is 18.3 Å². The van der Waals surface area contributed by atoms with Gasteiger partial charge in [-0.1, -0.05) is 17.7 Å². The third-order valence-corrected chi connectivity index (χ3v) is 4.48. The molecule has 2 aromatic heterocycles. The second-order valence-corrected chi connectivity index (χ2v) is 6.44. The Hall–Kier alpha value is -2.74. The number of aryl methyl sites for hydroxylation is 1. The Labute approximate surface area is 158 Å². The largest absolute Gasteiger partial charge is 0.434 e. The van der Waals surface area contributed by atoms with Crippen molar-refractivity contribution in [3.63, 3.8) is 0 Å². The SMILES string of the molecule is Cc1ccc(CNC(=O)c2cnn(-c3cccc(Cl)c3)c2C(F)(F)F)n1C. The quantitative estimate of drug-likeness (QED) is 0.721. The van der Waals surface area contributed by atoms with Gasteiger partial charge in [0, 0.05) is 23.5 Å². The number of hydrogen-bond acceptors (Lipinski definition) is 2. The highest BCUT2D eigenvalue weighted by atomic mass is 35.5. The van der Waals surface area contributed by atoms with Crippen LogP contribution in [-0.4, -0.2) is 20.3 Å². The molecule has 0 unspecified atom stereocenters. The summed E-state index contributed by atoms with van der Waals surface area (Å²) in [7, 11) is 1.81. The topological polar surface area (TPSA) is 51.9 Å². The lowest BCUT2D eigenvalue weighted by Crippen LogP contribution is -2.27. The fraction of sp³-hybridized carbons (Fsp3) is 0.222. The number of halogens is 4. The maximum Gasteiger partial charge on any atom is 0.434 e. The van der Waals surface area contributed by atoms with E-state index in [-0.39, 0.29) is 17.3 Å². The zero-order chi connectivity index (χ0) is 19.8. The number of amides is 1. The Morgan fingerprint density at radius 3 is 2.59 bits per heavy atom. The van der Waals surface area contributed by atoms with Gasteiger partial charge < -0.3 is 9.88 Å². The normalized spacial score (nSPS) is 11.6. The standard InChI is InChI=1S/C18H16ClF3N4O/c1-11-6-7-14(25(11)2)9-23-17(27)15-10-24-26(16(15)18(20,21)22)13-5-3-4-12(19)8-13/h3-8,10H,9H2,1-2H3,(H,23,27). The van der Waals surface area contributed by atoms with Crippen molar-refractivity contribution in [2.45, 2.75) is 19.6 Å². The highest BCUT2D eigenvalue weighted by Crippen LogP contribution is 2.34. The van der Waals surface area contributed by atoms with Crippen LogP contribution in [0.5, 0.6) is 0 Å². The van der Waals surface area contributed by atoms with E-state index in [2.05, 4.69) is 10.4 Å². The van der Waals surface area contributed by atoms with Gasteiger partial charge in [0.2, 0.25) is 0 Å². The molecule has 142 valence electrons. The monoisotopic (exact) mass is 396 g/mol. The van der Waals surface area contributed by atoms with E-state index in [1.165, 1.54) is 24.3 Å². The molecule has 0 spiro atoms. The summed E-state index contributed by atoms with van der Waals surface area (Å²) >= 11 is 5.86. The third kappa shape index (κ3) is 3.85. The summed E-state index contributed by atoms with van der Waals surface area (Å²) in [6, 6.07) is 9.49. The summed E-state index contributed by atoms with van der Waals surface area (Å²) < 4.78 is 43.4. The minimum atomic E-state index is -4.77. The van der Waals surface area contributed by atoms with Crippen molar-refractivity contribution in [3.05, 3.63) is 70.3 Å². The average Bonchev–Trinajstić information content (AvgIpc) is 3.18. The maximum absolute atomic E-state index is 13.6. The zero-order valence-electron chi connectivity index (χ0n) is 14.5. The van der Waals surface area contributed by atoms with Gasteiger partial charge in [-0.15, -0.1) is 0 Å². The van der Waals surface area contributed by atoms with E-state index < -0.39 is 23.3 Å². The molecule has 1 N–H and O–H groups in total. The summed E-state index contributed by atoms with van der Waals surface area (Å²) in [6.07, 6.45) is -3.86. The molecule has 9 heteroatoms. The fourth-order valence-corrected chi connectivity index (χ4v) is 2.89. The van der Waals surface area contributed by atoms with Crippen molar-refractivity contribution in [1.29, 1.82) is 0 Å². The van der Waals surface area contributed by atoms with Crippen LogP contribution in [0.15, 0.2) is 42.6 Å². The van der Waals surface area contributed by atoms with Gasteiger partial charge in [-0.3, -0.25) is 4.79 Å². The van der Waals surface area contributed by atoms with Gasteiger partial charge in [-0.05, 0) is 37.3 Å². The summed E-state index contributed by atoms with van der Waals surface area (Å²) in [5, 5.41) is 6.55. The van der Waals surface area contributed by atoms with Crippen LogP contribution in [-0.2, 0) is 19.8 Å². The number of rotatable bonds is 4. The van der Waals surface area contributed by atoms with E-state index in [4.69, 9.17) is 11.6 Å². The number of carbonyl (C=O) groups is 1. The molecular weight excluding hydrogens is 381 g/mol. The van der Waals surface area contributed by atoms with E-state index >= 15 is 0 Å². The van der Waals surface area contributed by atoms with E-state index in [0.717, 1.165) is 17.6 Å². The minimum Gasteiger partial charge on any atom is -0.350 e. The molecule has 3 rings (SSSR count). The van der Waals surface area contributed by atoms with Gasteiger partial charge in [-0.25, -0.2) is 4.68 Å². The van der Waals surface area contributed by atoms with Crippen molar-refractivity contribution < 1.29 is 18.0 Å². The van der Waals surface area contributed by atoms with E-state index in [0.29, 0.717) is 4.68 Å². The van der Waals surface area contributed by atoms with Gasteiger partial charge in [0.15, 0.2) is 5.69 Å². The highest BCUT2D eigenvalue weighted by Gasteiger charge is 2.40. The second-order valence-electron chi connectivity index (χ2n) is 6.00. The Kier molecular flexibility index (Phi) is 5.01.